The highest BCUT2D eigenvalue weighted by atomic mass is 32.2. The predicted molar refractivity (Wildman–Crippen MR) is 59.7 cm³/mol. The monoisotopic (exact) mass is 214 g/mol. The summed E-state index contributed by atoms with van der Waals surface area (Å²) in [7, 11) is 0. The first-order valence-corrected chi connectivity index (χ1v) is 6.65. The van der Waals surface area contributed by atoms with Gasteiger partial charge in [-0.1, -0.05) is 0 Å². The molecular weight excluding hydrogens is 196 g/mol. The first-order chi connectivity index (χ1) is 6.86. The van der Waals surface area contributed by atoms with E-state index in [0.29, 0.717) is 6.04 Å². The third-order valence-electron chi connectivity index (χ3n) is 2.90. The minimum atomic E-state index is 0.164. The zero-order chi connectivity index (χ0) is 9.80. The Morgan fingerprint density at radius 3 is 2.71 bits per heavy atom. The van der Waals surface area contributed by atoms with Crippen molar-refractivity contribution in [3.05, 3.63) is 0 Å². The minimum absolute atomic E-state index is 0.164. The van der Waals surface area contributed by atoms with Crippen LogP contribution in [0.3, 0.4) is 0 Å². The summed E-state index contributed by atoms with van der Waals surface area (Å²) in [4.78, 5) is 13.7. The number of carbonyl (C=O) groups is 1. The van der Waals surface area contributed by atoms with E-state index in [-0.39, 0.29) is 6.03 Å². The number of likely N-dealkylation sites (tertiary alicyclic amines) is 1. The van der Waals surface area contributed by atoms with Gasteiger partial charge in [-0.15, -0.1) is 0 Å². The van der Waals surface area contributed by atoms with Gasteiger partial charge in [0.1, 0.15) is 0 Å². The van der Waals surface area contributed by atoms with Crippen molar-refractivity contribution in [2.45, 2.75) is 31.7 Å². The summed E-state index contributed by atoms with van der Waals surface area (Å²) in [5.41, 5.74) is 0. The minimum Gasteiger partial charge on any atom is -0.334 e. The number of thioether (sulfide) groups is 1. The number of hydrogen-bond acceptors (Lipinski definition) is 2. The van der Waals surface area contributed by atoms with Gasteiger partial charge in [-0.05, 0) is 31.4 Å². The topological polar surface area (TPSA) is 32.3 Å². The van der Waals surface area contributed by atoms with Crippen LogP contribution in [0.4, 0.5) is 4.79 Å². The number of rotatable bonds is 1. The van der Waals surface area contributed by atoms with E-state index in [0.717, 1.165) is 25.3 Å². The van der Waals surface area contributed by atoms with Crippen LogP contribution in [0, 0.1) is 0 Å². The van der Waals surface area contributed by atoms with Crippen molar-refractivity contribution in [3.63, 3.8) is 0 Å². The second-order valence-electron chi connectivity index (χ2n) is 4.06. The molecule has 2 aliphatic heterocycles. The van der Waals surface area contributed by atoms with Crippen LogP contribution >= 0.6 is 11.8 Å². The summed E-state index contributed by atoms with van der Waals surface area (Å²) in [5, 5.41) is 3.11. The molecule has 0 aromatic heterocycles. The van der Waals surface area contributed by atoms with Gasteiger partial charge in [-0.25, -0.2) is 4.79 Å². The lowest BCUT2D eigenvalue weighted by Crippen LogP contribution is -2.46. The molecule has 0 radical (unpaired) electrons. The van der Waals surface area contributed by atoms with Crippen molar-refractivity contribution in [2.24, 2.45) is 0 Å². The van der Waals surface area contributed by atoms with Gasteiger partial charge in [0.05, 0.1) is 0 Å². The molecule has 4 heteroatoms. The average molecular weight is 214 g/mol. The van der Waals surface area contributed by atoms with E-state index in [2.05, 4.69) is 5.32 Å². The number of piperidine rings is 1. The number of amides is 2. The summed E-state index contributed by atoms with van der Waals surface area (Å²) in [6.45, 7) is 1.90. The maximum Gasteiger partial charge on any atom is 0.317 e. The normalized spacial score (nSPS) is 27.7. The van der Waals surface area contributed by atoms with E-state index in [9.17, 15) is 4.79 Å². The molecule has 2 rings (SSSR count). The van der Waals surface area contributed by atoms with Crippen LogP contribution in [-0.2, 0) is 0 Å². The molecule has 1 N–H and O–H groups in total. The van der Waals surface area contributed by atoms with Crippen LogP contribution < -0.4 is 5.32 Å². The SMILES string of the molecule is O=C(NC1CCSC1)N1CCCCC1. The molecule has 0 aliphatic carbocycles. The number of nitrogens with zero attached hydrogens (tertiary/aromatic N) is 1. The fourth-order valence-electron chi connectivity index (χ4n) is 2.01. The number of nitrogens with one attached hydrogen (secondary N) is 1. The molecule has 80 valence electrons. The summed E-state index contributed by atoms with van der Waals surface area (Å²) in [6.07, 6.45) is 4.77. The van der Waals surface area contributed by atoms with E-state index in [1.165, 1.54) is 25.0 Å². The van der Waals surface area contributed by atoms with Gasteiger partial charge in [0.25, 0.3) is 0 Å². The Morgan fingerprint density at radius 2 is 2.07 bits per heavy atom. The molecule has 2 aliphatic rings. The Kier molecular flexibility index (Phi) is 3.56. The lowest BCUT2D eigenvalue weighted by atomic mass is 10.1. The van der Waals surface area contributed by atoms with Crippen molar-refractivity contribution >= 4 is 17.8 Å². The van der Waals surface area contributed by atoms with Crippen LogP contribution in [0.1, 0.15) is 25.7 Å². The zero-order valence-electron chi connectivity index (χ0n) is 8.50. The van der Waals surface area contributed by atoms with E-state index in [1.807, 2.05) is 16.7 Å². The van der Waals surface area contributed by atoms with Gasteiger partial charge in [0, 0.05) is 24.9 Å². The van der Waals surface area contributed by atoms with Crippen molar-refractivity contribution in [3.8, 4) is 0 Å². The molecule has 1 atom stereocenters. The lowest BCUT2D eigenvalue weighted by Gasteiger charge is -2.28. The van der Waals surface area contributed by atoms with Crippen molar-refractivity contribution in [2.75, 3.05) is 24.6 Å². The molecule has 14 heavy (non-hydrogen) atoms. The lowest BCUT2D eigenvalue weighted by molar-refractivity contribution is 0.183. The quantitative estimate of drug-likeness (QED) is 0.720. The summed E-state index contributed by atoms with van der Waals surface area (Å²) in [5.74, 6) is 2.30. The van der Waals surface area contributed by atoms with Crippen LogP contribution in [0.25, 0.3) is 0 Å². The van der Waals surface area contributed by atoms with Crippen LogP contribution in [-0.4, -0.2) is 41.6 Å². The Labute approximate surface area is 89.6 Å². The maximum absolute atomic E-state index is 11.8. The van der Waals surface area contributed by atoms with Crippen molar-refractivity contribution in [1.29, 1.82) is 0 Å². The van der Waals surface area contributed by atoms with Crippen LogP contribution in [0.15, 0.2) is 0 Å². The fraction of sp³-hybridized carbons (Fsp3) is 0.900. The van der Waals surface area contributed by atoms with E-state index >= 15 is 0 Å². The van der Waals surface area contributed by atoms with Gasteiger partial charge < -0.3 is 10.2 Å². The highest BCUT2D eigenvalue weighted by molar-refractivity contribution is 7.99. The molecule has 0 aromatic carbocycles. The molecule has 0 aromatic rings. The summed E-state index contributed by atoms with van der Waals surface area (Å²) >= 11 is 1.94. The third kappa shape index (κ3) is 2.56. The average Bonchev–Trinajstić information content (AvgIpc) is 2.72. The maximum atomic E-state index is 11.8. The smallest absolute Gasteiger partial charge is 0.317 e. The fourth-order valence-corrected chi connectivity index (χ4v) is 3.16. The molecule has 0 bridgehead atoms. The largest absolute Gasteiger partial charge is 0.334 e. The predicted octanol–water partition coefficient (Wildman–Crippen LogP) is 1.69. The molecular formula is C10H18N2OS. The van der Waals surface area contributed by atoms with Gasteiger partial charge in [0.15, 0.2) is 0 Å². The van der Waals surface area contributed by atoms with Crippen LogP contribution in [0.2, 0.25) is 0 Å². The Hall–Kier alpha value is -0.380. The van der Waals surface area contributed by atoms with E-state index < -0.39 is 0 Å². The molecule has 2 heterocycles. The summed E-state index contributed by atoms with van der Waals surface area (Å²) in [6, 6.07) is 0.589. The zero-order valence-corrected chi connectivity index (χ0v) is 9.31. The first-order valence-electron chi connectivity index (χ1n) is 5.49. The van der Waals surface area contributed by atoms with E-state index in [1.54, 1.807) is 0 Å². The molecule has 0 saturated carbocycles. The third-order valence-corrected chi connectivity index (χ3v) is 4.06. The molecule has 2 amide bonds. The molecule has 2 fully saturated rings. The number of carbonyl (C=O) groups excluding carboxylic acids is 1. The Morgan fingerprint density at radius 1 is 1.29 bits per heavy atom. The Balaban J connectivity index is 1.75. The van der Waals surface area contributed by atoms with Crippen molar-refractivity contribution < 1.29 is 4.79 Å². The molecule has 0 spiro atoms. The molecule has 2 saturated heterocycles. The van der Waals surface area contributed by atoms with E-state index in [4.69, 9.17) is 0 Å². The molecule has 1 unspecified atom stereocenters. The number of hydrogen-bond donors (Lipinski definition) is 1. The number of urea groups is 1. The summed E-state index contributed by atoms with van der Waals surface area (Å²) < 4.78 is 0. The van der Waals surface area contributed by atoms with Gasteiger partial charge >= 0.3 is 6.03 Å². The first kappa shape index (κ1) is 10.1. The van der Waals surface area contributed by atoms with Gasteiger partial charge in [-0.3, -0.25) is 0 Å². The second-order valence-corrected chi connectivity index (χ2v) is 5.21. The highest BCUT2D eigenvalue weighted by Gasteiger charge is 2.21. The van der Waals surface area contributed by atoms with Gasteiger partial charge in [-0.2, -0.15) is 11.8 Å². The van der Waals surface area contributed by atoms with Crippen molar-refractivity contribution in [1.82, 2.24) is 10.2 Å². The standard InChI is InChI=1S/C10H18N2OS/c13-10(11-9-4-7-14-8-9)12-5-2-1-3-6-12/h9H,1-8H2,(H,11,13). The van der Waals surface area contributed by atoms with Gasteiger partial charge in [0.2, 0.25) is 0 Å². The second kappa shape index (κ2) is 4.91. The van der Waals surface area contributed by atoms with Crippen LogP contribution in [0.5, 0.6) is 0 Å². The molecule has 3 nitrogen and oxygen atoms in total. The Bertz CT molecular complexity index is 198. The highest BCUT2D eigenvalue weighted by Crippen LogP contribution is 2.17.